The van der Waals surface area contributed by atoms with Crippen LogP contribution in [0.3, 0.4) is 0 Å². The summed E-state index contributed by atoms with van der Waals surface area (Å²) < 4.78 is 18.6. The van der Waals surface area contributed by atoms with Crippen LogP contribution in [0, 0.1) is 5.82 Å². The highest BCUT2D eigenvalue weighted by Crippen LogP contribution is 2.18. The molecule has 0 saturated carbocycles. The molecule has 1 saturated heterocycles. The van der Waals surface area contributed by atoms with Crippen LogP contribution in [-0.2, 0) is 4.74 Å². The van der Waals surface area contributed by atoms with E-state index in [2.05, 4.69) is 4.74 Å². The highest BCUT2D eigenvalue weighted by molar-refractivity contribution is 6.31. The average molecular weight is 405 g/mol. The number of hydrogen-bond acceptors (Lipinski definition) is 4. The maximum Gasteiger partial charge on any atom is 0.337 e. The molecule has 0 aliphatic carbocycles. The Kier molecular flexibility index (Phi) is 5.94. The normalized spacial score (nSPS) is 14.0. The Morgan fingerprint density at radius 1 is 0.929 bits per heavy atom. The smallest absolute Gasteiger partial charge is 0.337 e. The highest BCUT2D eigenvalue weighted by Gasteiger charge is 2.27. The predicted octanol–water partition coefficient (Wildman–Crippen LogP) is 2.86. The summed E-state index contributed by atoms with van der Waals surface area (Å²) in [6.45, 7) is 1.14. The summed E-state index contributed by atoms with van der Waals surface area (Å²) in [4.78, 5) is 40.0. The van der Waals surface area contributed by atoms with Gasteiger partial charge in [0, 0.05) is 36.8 Å². The molecule has 1 fully saturated rings. The maximum atomic E-state index is 13.9. The Hall–Kier alpha value is -2.93. The van der Waals surface area contributed by atoms with E-state index in [0.717, 1.165) is 6.07 Å². The second kappa shape index (κ2) is 8.39. The summed E-state index contributed by atoms with van der Waals surface area (Å²) in [6.07, 6.45) is 0. The van der Waals surface area contributed by atoms with Crippen LogP contribution in [0.5, 0.6) is 0 Å². The molecule has 0 aromatic heterocycles. The number of methoxy groups -OCH3 is 1. The molecule has 1 heterocycles. The minimum absolute atomic E-state index is 0.0851. The van der Waals surface area contributed by atoms with Gasteiger partial charge in [-0.05, 0) is 36.4 Å². The summed E-state index contributed by atoms with van der Waals surface area (Å²) in [7, 11) is 1.27. The van der Waals surface area contributed by atoms with Crippen molar-refractivity contribution in [3.63, 3.8) is 0 Å². The number of hydrogen-bond donors (Lipinski definition) is 0. The molecule has 6 nitrogen and oxygen atoms in total. The zero-order chi connectivity index (χ0) is 20.3. The van der Waals surface area contributed by atoms with Gasteiger partial charge in [-0.3, -0.25) is 9.59 Å². The Morgan fingerprint density at radius 3 is 2.18 bits per heavy atom. The summed E-state index contributed by atoms with van der Waals surface area (Å²) in [6, 6.07) is 10.1. The van der Waals surface area contributed by atoms with Crippen molar-refractivity contribution in [3.8, 4) is 0 Å². The molecule has 8 heteroatoms. The third kappa shape index (κ3) is 4.14. The molecule has 146 valence electrons. The van der Waals surface area contributed by atoms with E-state index in [1.165, 1.54) is 30.2 Å². The second-order valence-corrected chi connectivity index (χ2v) is 6.72. The van der Waals surface area contributed by atoms with Gasteiger partial charge in [0.25, 0.3) is 11.8 Å². The SMILES string of the molecule is COC(=O)c1cccc(C(=O)N2CCN(C(=O)c3cc(Cl)ccc3F)CC2)c1. The number of ether oxygens (including phenoxy) is 1. The molecule has 0 atom stereocenters. The fourth-order valence-electron chi connectivity index (χ4n) is 3.02. The van der Waals surface area contributed by atoms with Crippen molar-refractivity contribution in [2.24, 2.45) is 0 Å². The Labute approximate surface area is 166 Å². The average Bonchev–Trinajstić information content (AvgIpc) is 2.74. The van der Waals surface area contributed by atoms with Gasteiger partial charge in [0.15, 0.2) is 0 Å². The van der Waals surface area contributed by atoms with Crippen LogP contribution >= 0.6 is 11.6 Å². The van der Waals surface area contributed by atoms with E-state index >= 15 is 0 Å². The van der Waals surface area contributed by atoms with Crippen molar-refractivity contribution in [2.45, 2.75) is 0 Å². The van der Waals surface area contributed by atoms with E-state index < -0.39 is 17.7 Å². The summed E-state index contributed by atoms with van der Waals surface area (Å²) in [5.74, 6) is -1.85. The van der Waals surface area contributed by atoms with Crippen LogP contribution in [0.2, 0.25) is 5.02 Å². The zero-order valence-corrected chi connectivity index (χ0v) is 15.9. The van der Waals surface area contributed by atoms with Crippen molar-refractivity contribution < 1.29 is 23.5 Å². The molecule has 28 heavy (non-hydrogen) atoms. The molecule has 1 aliphatic heterocycles. The van der Waals surface area contributed by atoms with Crippen molar-refractivity contribution >= 4 is 29.4 Å². The number of benzene rings is 2. The predicted molar refractivity (Wildman–Crippen MR) is 101 cm³/mol. The van der Waals surface area contributed by atoms with Gasteiger partial charge in [-0.25, -0.2) is 9.18 Å². The first-order valence-electron chi connectivity index (χ1n) is 8.62. The van der Waals surface area contributed by atoms with Crippen LogP contribution in [0.4, 0.5) is 4.39 Å². The van der Waals surface area contributed by atoms with E-state index in [1.807, 2.05) is 0 Å². The minimum atomic E-state index is -0.632. The van der Waals surface area contributed by atoms with Crippen LogP contribution in [0.15, 0.2) is 42.5 Å². The lowest BCUT2D eigenvalue weighted by Gasteiger charge is -2.35. The largest absolute Gasteiger partial charge is 0.465 e. The van der Waals surface area contributed by atoms with Gasteiger partial charge in [-0.15, -0.1) is 0 Å². The van der Waals surface area contributed by atoms with Gasteiger partial charge in [-0.2, -0.15) is 0 Å². The standard InChI is InChI=1S/C20H18ClFN2O4/c1-28-20(27)14-4-2-3-13(11-14)18(25)23-7-9-24(10-8-23)19(26)16-12-15(21)5-6-17(16)22/h2-6,11-12H,7-10H2,1H3. The van der Waals surface area contributed by atoms with Crippen LogP contribution in [-0.4, -0.2) is 60.9 Å². The molecule has 1 aliphatic rings. The fourth-order valence-corrected chi connectivity index (χ4v) is 3.20. The van der Waals surface area contributed by atoms with Gasteiger partial charge >= 0.3 is 5.97 Å². The van der Waals surface area contributed by atoms with E-state index in [9.17, 15) is 18.8 Å². The van der Waals surface area contributed by atoms with Crippen LogP contribution in [0.1, 0.15) is 31.1 Å². The first-order valence-corrected chi connectivity index (χ1v) is 9.00. The van der Waals surface area contributed by atoms with Crippen molar-refractivity contribution in [1.29, 1.82) is 0 Å². The number of esters is 1. The number of amides is 2. The van der Waals surface area contributed by atoms with E-state index in [4.69, 9.17) is 11.6 Å². The van der Waals surface area contributed by atoms with Crippen molar-refractivity contribution in [3.05, 3.63) is 70.0 Å². The van der Waals surface area contributed by atoms with Crippen LogP contribution < -0.4 is 0 Å². The number of carbonyl (C=O) groups is 3. The quantitative estimate of drug-likeness (QED) is 0.738. The lowest BCUT2D eigenvalue weighted by molar-refractivity contribution is 0.0532. The van der Waals surface area contributed by atoms with Crippen LogP contribution in [0.25, 0.3) is 0 Å². The van der Waals surface area contributed by atoms with E-state index in [1.54, 1.807) is 23.1 Å². The summed E-state index contributed by atoms with van der Waals surface area (Å²) in [5, 5.41) is 0.282. The number of carbonyl (C=O) groups excluding carboxylic acids is 3. The topological polar surface area (TPSA) is 66.9 Å². The lowest BCUT2D eigenvalue weighted by atomic mass is 10.1. The van der Waals surface area contributed by atoms with Gasteiger partial charge in [0.2, 0.25) is 0 Å². The highest BCUT2D eigenvalue weighted by atomic mass is 35.5. The van der Waals surface area contributed by atoms with Gasteiger partial charge < -0.3 is 14.5 Å². The molecule has 0 spiro atoms. The molecular formula is C20H18ClFN2O4. The third-order valence-corrected chi connectivity index (χ3v) is 4.78. The van der Waals surface area contributed by atoms with Gasteiger partial charge in [0.1, 0.15) is 5.82 Å². The maximum absolute atomic E-state index is 13.9. The van der Waals surface area contributed by atoms with E-state index in [0.29, 0.717) is 24.2 Å². The molecule has 2 aromatic rings. The van der Waals surface area contributed by atoms with Crippen molar-refractivity contribution in [1.82, 2.24) is 9.80 Å². The Morgan fingerprint density at radius 2 is 1.54 bits per heavy atom. The lowest BCUT2D eigenvalue weighted by Crippen LogP contribution is -2.50. The summed E-state index contributed by atoms with van der Waals surface area (Å²) in [5.41, 5.74) is 0.570. The molecule has 0 bridgehead atoms. The monoisotopic (exact) mass is 404 g/mol. The second-order valence-electron chi connectivity index (χ2n) is 6.28. The molecule has 2 aromatic carbocycles. The first kappa shape index (κ1) is 19.8. The molecule has 0 N–H and O–H groups in total. The van der Waals surface area contributed by atoms with Gasteiger partial charge in [0.05, 0.1) is 18.2 Å². The molecule has 2 amide bonds. The summed E-state index contributed by atoms with van der Waals surface area (Å²) >= 11 is 5.85. The zero-order valence-electron chi connectivity index (χ0n) is 15.2. The molecule has 0 unspecified atom stereocenters. The molecular weight excluding hydrogens is 387 g/mol. The minimum Gasteiger partial charge on any atom is -0.465 e. The Bertz CT molecular complexity index is 926. The third-order valence-electron chi connectivity index (χ3n) is 4.54. The van der Waals surface area contributed by atoms with Gasteiger partial charge in [-0.1, -0.05) is 17.7 Å². The number of piperazine rings is 1. The van der Waals surface area contributed by atoms with E-state index in [-0.39, 0.29) is 29.6 Å². The van der Waals surface area contributed by atoms with Crippen molar-refractivity contribution in [2.75, 3.05) is 33.3 Å². The molecule has 0 radical (unpaired) electrons. The first-order chi connectivity index (χ1) is 13.4. The number of halogens is 2. The number of nitrogens with zero attached hydrogens (tertiary/aromatic N) is 2. The molecule has 3 rings (SSSR count). The number of rotatable bonds is 3. The Balaban J connectivity index is 1.67. The fraction of sp³-hybridized carbons (Fsp3) is 0.250.